The second-order valence-corrected chi connectivity index (χ2v) is 2.71. The molecule has 0 unspecified atom stereocenters. The Bertz CT molecular complexity index is 388. The Morgan fingerprint density at radius 1 is 1.29 bits per heavy atom. The number of carbonyl (C=O) groups is 2. The van der Waals surface area contributed by atoms with Crippen LogP contribution in [0.15, 0.2) is 18.2 Å². The number of rotatable bonds is 2. The van der Waals surface area contributed by atoms with Gasteiger partial charge in [0.15, 0.2) is 0 Å². The van der Waals surface area contributed by atoms with E-state index in [1.807, 2.05) is 0 Å². The van der Waals surface area contributed by atoms with Crippen LogP contribution in [0.5, 0.6) is 0 Å². The van der Waals surface area contributed by atoms with Crippen LogP contribution in [-0.4, -0.2) is 18.9 Å². The Hall–Kier alpha value is -2.04. The van der Waals surface area contributed by atoms with Crippen LogP contribution in [0.3, 0.4) is 0 Å². The van der Waals surface area contributed by atoms with E-state index in [4.69, 9.17) is 11.5 Å². The van der Waals surface area contributed by atoms with Gasteiger partial charge in [0.25, 0.3) is 11.8 Å². The number of anilines is 1. The number of para-hydroxylation sites is 1. The normalized spacial score (nSPS) is 9.50. The predicted molar refractivity (Wildman–Crippen MR) is 52.8 cm³/mol. The lowest BCUT2D eigenvalue weighted by Gasteiger charge is -2.06. The van der Waals surface area contributed by atoms with E-state index in [9.17, 15) is 9.59 Å². The molecule has 0 bridgehead atoms. The lowest BCUT2D eigenvalue weighted by molar-refractivity contribution is 0.0964. The monoisotopic (exact) mass is 193 g/mol. The van der Waals surface area contributed by atoms with Crippen LogP contribution in [0.2, 0.25) is 0 Å². The number of amides is 2. The Balaban J connectivity index is 3.27. The van der Waals surface area contributed by atoms with Gasteiger partial charge in [-0.05, 0) is 12.1 Å². The van der Waals surface area contributed by atoms with Gasteiger partial charge < -0.3 is 16.8 Å². The summed E-state index contributed by atoms with van der Waals surface area (Å²) in [6, 6.07) is 4.56. The number of hydrogen-bond donors (Lipinski definition) is 3. The number of nitrogen functional groups attached to an aromatic ring is 1. The third kappa shape index (κ3) is 1.66. The average molecular weight is 193 g/mol. The van der Waals surface area contributed by atoms with Gasteiger partial charge in [-0.15, -0.1) is 0 Å². The fraction of sp³-hybridized carbons (Fsp3) is 0.111. The maximum Gasteiger partial charge on any atom is 0.253 e. The minimum absolute atomic E-state index is 0.111. The van der Waals surface area contributed by atoms with Gasteiger partial charge in [0.1, 0.15) is 0 Å². The van der Waals surface area contributed by atoms with E-state index in [1.165, 1.54) is 19.2 Å². The van der Waals surface area contributed by atoms with Crippen molar-refractivity contribution in [2.45, 2.75) is 0 Å². The quantitative estimate of drug-likeness (QED) is 0.564. The number of nitrogens with one attached hydrogen (secondary N) is 1. The summed E-state index contributed by atoms with van der Waals surface area (Å²) in [4.78, 5) is 22.2. The van der Waals surface area contributed by atoms with Gasteiger partial charge in [-0.25, -0.2) is 0 Å². The van der Waals surface area contributed by atoms with Crippen molar-refractivity contribution in [3.05, 3.63) is 29.3 Å². The summed E-state index contributed by atoms with van der Waals surface area (Å²) in [5.41, 5.74) is 11.2. The zero-order valence-electron chi connectivity index (χ0n) is 7.70. The maximum absolute atomic E-state index is 11.3. The van der Waals surface area contributed by atoms with E-state index in [0.717, 1.165) is 0 Å². The van der Waals surface area contributed by atoms with E-state index >= 15 is 0 Å². The van der Waals surface area contributed by atoms with E-state index in [2.05, 4.69) is 5.32 Å². The highest BCUT2D eigenvalue weighted by atomic mass is 16.2. The van der Waals surface area contributed by atoms with Crippen molar-refractivity contribution in [1.29, 1.82) is 0 Å². The first-order valence-electron chi connectivity index (χ1n) is 3.98. The van der Waals surface area contributed by atoms with Crippen LogP contribution >= 0.6 is 0 Å². The second kappa shape index (κ2) is 3.78. The largest absolute Gasteiger partial charge is 0.397 e. The summed E-state index contributed by atoms with van der Waals surface area (Å²) in [6.45, 7) is 0. The number of nitrogens with two attached hydrogens (primary N) is 2. The van der Waals surface area contributed by atoms with Crippen molar-refractivity contribution in [3.8, 4) is 0 Å². The molecule has 0 heterocycles. The molecule has 0 atom stereocenters. The SMILES string of the molecule is CNC(=O)c1cccc(C(N)=O)c1N. The number of hydrogen-bond acceptors (Lipinski definition) is 3. The van der Waals surface area contributed by atoms with Crippen LogP contribution in [-0.2, 0) is 0 Å². The van der Waals surface area contributed by atoms with Crippen molar-refractivity contribution in [2.24, 2.45) is 5.73 Å². The molecule has 5 heteroatoms. The van der Waals surface area contributed by atoms with E-state index in [1.54, 1.807) is 6.07 Å². The first kappa shape index (κ1) is 10.0. The third-order valence-electron chi connectivity index (χ3n) is 1.84. The Morgan fingerprint density at radius 2 is 1.86 bits per heavy atom. The van der Waals surface area contributed by atoms with Gasteiger partial charge in [-0.1, -0.05) is 6.07 Å². The molecular formula is C9H11N3O2. The molecule has 0 fully saturated rings. The molecule has 5 N–H and O–H groups in total. The zero-order valence-corrected chi connectivity index (χ0v) is 7.70. The van der Waals surface area contributed by atoms with Crippen LogP contribution in [0.4, 0.5) is 5.69 Å². The molecule has 0 spiro atoms. The minimum Gasteiger partial charge on any atom is -0.397 e. The molecule has 0 aliphatic rings. The van der Waals surface area contributed by atoms with Crippen molar-refractivity contribution in [1.82, 2.24) is 5.32 Å². The molecule has 14 heavy (non-hydrogen) atoms. The molecule has 1 rings (SSSR count). The lowest BCUT2D eigenvalue weighted by atomic mass is 10.1. The second-order valence-electron chi connectivity index (χ2n) is 2.71. The third-order valence-corrected chi connectivity index (χ3v) is 1.84. The van der Waals surface area contributed by atoms with Crippen LogP contribution in [0, 0.1) is 0 Å². The molecule has 0 radical (unpaired) electrons. The molecule has 0 aliphatic heterocycles. The van der Waals surface area contributed by atoms with Crippen molar-refractivity contribution in [3.63, 3.8) is 0 Å². The molecule has 5 nitrogen and oxygen atoms in total. The highest BCUT2D eigenvalue weighted by Gasteiger charge is 2.13. The molecule has 0 saturated heterocycles. The van der Waals surface area contributed by atoms with Gasteiger partial charge in [-0.3, -0.25) is 9.59 Å². The number of carbonyl (C=O) groups excluding carboxylic acids is 2. The van der Waals surface area contributed by atoms with E-state index in [0.29, 0.717) is 0 Å². The summed E-state index contributed by atoms with van der Waals surface area (Å²) in [6.07, 6.45) is 0. The fourth-order valence-electron chi connectivity index (χ4n) is 1.11. The van der Waals surface area contributed by atoms with Gasteiger partial charge in [0.05, 0.1) is 16.8 Å². The van der Waals surface area contributed by atoms with Crippen molar-refractivity contribution in [2.75, 3.05) is 12.8 Å². The smallest absolute Gasteiger partial charge is 0.253 e. The standard InChI is InChI=1S/C9H11N3O2/c1-12-9(14)6-4-2-3-5(7(6)10)8(11)13/h2-4H,10H2,1H3,(H2,11,13)(H,12,14). The van der Waals surface area contributed by atoms with Crippen LogP contribution < -0.4 is 16.8 Å². The summed E-state index contributed by atoms with van der Waals surface area (Å²) < 4.78 is 0. The van der Waals surface area contributed by atoms with Gasteiger partial charge in [0.2, 0.25) is 0 Å². The number of primary amides is 1. The highest BCUT2D eigenvalue weighted by Crippen LogP contribution is 2.16. The molecule has 0 aromatic heterocycles. The summed E-state index contributed by atoms with van der Waals surface area (Å²) >= 11 is 0. The Morgan fingerprint density at radius 3 is 2.36 bits per heavy atom. The predicted octanol–water partition coefficient (Wildman–Crippen LogP) is -0.273. The van der Waals surface area contributed by atoms with Gasteiger partial charge in [-0.2, -0.15) is 0 Å². The molecule has 0 saturated carbocycles. The lowest BCUT2D eigenvalue weighted by Crippen LogP contribution is -2.22. The molecule has 74 valence electrons. The van der Waals surface area contributed by atoms with E-state index in [-0.39, 0.29) is 22.7 Å². The molecule has 0 aliphatic carbocycles. The van der Waals surface area contributed by atoms with E-state index < -0.39 is 5.91 Å². The number of benzene rings is 1. The first-order valence-corrected chi connectivity index (χ1v) is 3.98. The van der Waals surface area contributed by atoms with Crippen LogP contribution in [0.1, 0.15) is 20.7 Å². The molecule has 2 amide bonds. The van der Waals surface area contributed by atoms with Crippen LogP contribution in [0.25, 0.3) is 0 Å². The highest BCUT2D eigenvalue weighted by molar-refractivity contribution is 6.06. The fourth-order valence-corrected chi connectivity index (χ4v) is 1.11. The maximum atomic E-state index is 11.3. The first-order chi connectivity index (χ1) is 6.57. The Labute approximate surface area is 81.1 Å². The van der Waals surface area contributed by atoms with Crippen molar-refractivity contribution < 1.29 is 9.59 Å². The molecule has 1 aromatic rings. The van der Waals surface area contributed by atoms with Gasteiger partial charge >= 0.3 is 0 Å². The topological polar surface area (TPSA) is 98.2 Å². The van der Waals surface area contributed by atoms with Crippen molar-refractivity contribution >= 4 is 17.5 Å². The van der Waals surface area contributed by atoms with Gasteiger partial charge in [0, 0.05) is 7.05 Å². The molecule has 1 aromatic carbocycles. The summed E-state index contributed by atoms with van der Waals surface area (Å²) in [5.74, 6) is -0.987. The summed E-state index contributed by atoms with van der Waals surface area (Å²) in [7, 11) is 1.48. The zero-order chi connectivity index (χ0) is 10.7. The molecular weight excluding hydrogens is 182 g/mol. The Kier molecular flexibility index (Phi) is 2.71. The summed E-state index contributed by atoms with van der Waals surface area (Å²) in [5, 5.41) is 2.42. The average Bonchev–Trinajstić information content (AvgIpc) is 2.16. The minimum atomic E-state index is -0.645.